The van der Waals surface area contributed by atoms with Gasteiger partial charge >= 0.3 is 0 Å². The molecule has 0 unspecified atom stereocenters. The van der Waals surface area contributed by atoms with Gasteiger partial charge in [-0.3, -0.25) is 19.4 Å². The molecule has 0 radical (unpaired) electrons. The number of fused-ring (bicyclic) bond motifs is 1. The van der Waals surface area contributed by atoms with Gasteiger partial charge in [-0.2, -0.15) is 0 Å². The van der Waals surface area contributed by atoms with E-state index in [0.29, 0.717) is 88.5 Å². The number of carbonyl (C=O) groups excluding carboxylic acids is 3. The summed E-state index contributed by atoms with van der Waals surface area (Å²) >= 11 is 0. The maximum absolute atomic E-state index is 13.8. The van der Waals surface area contributed by atoms with Crippen LogP contribution in [0.15, 0.2) is 85.1 Å². The minimum absolute atomic E-state index is 0.0114. The van der Waals surface area contributed by atoms with Crippen molar-refractivity contribution in [2.45, 2.75) is 71.8 Å². The summed E-state index contributed by atoms with van der Waals surface area (Å²) in [5.74, 6) is -0.397. The predicted molar refractivity (Wildman–Crippen MR) is 247 cm³/mol. The molecule has 0 spiro atoms. The van der Waals surface area contributed by atoms with Gasteiger partial charge in [0.05, 0.1) is 76.7 Å². The number of hydrogen-bond acceptors (Lipinski definition) is 10. The molecule has 3 amide bonds. The fourth-order valence-corrected chi connectivity index (χ4v) is 7.78. The molecule has 4 aromatic rings. The van der Waals surface area contributed by atoms with Gasteiger partial charge in [0.1, 0.15) is 0 Å². The van der Waals surface area contributed by atoms with Crippen molar-refractivity contribution in [3.05, 3.63) is 113 Å². The Labute approximate surface area is 373 Å². The molecule has 1 atom stereocenters. The van der Waals surface area contributed by atoms with E-state index in [9.17, 15) is 14.4 Å². The summed E-state index contributed by atoms with van der Waals surface area (Å²) in [6, 6.07) is 25.4. The van der Waals surface area contributed by atoms with Crippen molar-refractivity contribution in [3.63, 3.8) is 0 Å². The normalized spacial score (nSPS) is 13.3. The fraction of sp³-hybridized carbons (Fsp3) is 0.480. The Morgan fingerprint density at radius 3 is 2.21 bits per heavy atom. The van der Waals surface area contributed by atoms with E-state index < -0.39 is 0 Å². The number of rotatable bonds is 28. The molecule has 0 aliphatic heterocycles. The summed E-state index contributed by atoms with van der Waals surface area (Å²) < 4.78 is 22.4. The summed E-state index contributed by atoms with van der Waals surface area (Å²) in [5.41, 5.74) is 7.51. The molecule has 0 saturated heterocycles. The summed E-state index contributed by atoms with van der Waals surface area (Å²) in [6.45, 7) is 12.3. The third kappa shape index (κ3) is 15.5. The lowest BCUT2D eigenvalue weighted by Gasteiger charge is -2.26. The van der Waals surface area contributed by atoms with Crippen LogP contribution in [0.1, 0.15) is 96.3 Å². The Balaban J connectivity index is 1.05. The third-order valence-electron chi connectivity index (χ3n) is 11.1. The van der Waals surface area contributed by atoms with E-state index in [0.717, 1.165) is 68.4 Å². The van der Waals surface area contributed by atoms with Gasteiger partial charge in [0.2, 0.25) is 5.91 Å². The molecule has 13 nitrogen and oxygen atoms in total. The van der Waals surface area contributed by atoms with Crippen molar-refractivity contribution < 1.29 is 38.4 Å². The van der Waals surface area contributed by atoms with Crippen LogP contribution in [0.2, 0.25) is 0 Å². The minimum Gasteiger partial charge on any atom is -0.395 e. The number of nitrogens with one attached hydrogen (secondary N) is 2. The van der Waals surface area contributed by atoms with Gasteiger partial charge < -0.3 is 44.5 Å². The van der Waals surface area contributed by atoms with E-state index in [4.69, 9.17) is 29.0 Å². The van der Waals surface area contributed by atoms with Gasteiger partial charge in [-0.15, -0.1) is 0 Å². The average Bonchev–Trinajstić information content (AvgIpc) is 3.31. The number of hydrogen-bond donors (Lipinski definition) is 3. The van der Waals surface area contributed by atoms with Gasteiger partial charge in [-0.25, -0.2) is 0 Å². The van der Waals surface area contributed by atoms with Gasteiger partial charge in [-0.1, -0.05) is 43.3 Å². The molecular formula is C50H67N5O8. The number of aryl methyl sites for hydroxylation is 2. The van der Waals surface area contributed by atoms with Crippen LogP contribution in [0, 0.1) is 0 Å². The van der Waals surface area contributed by atoms with Crippen LogP contribution < -0.4 is 15.5 Å². The second-order valence-electron chi connectivity index (χ2n) is 15.5. The van der Waals surface area contributed by atoms with Crippen LogP contribution in [0.25, 0.3) is 11.3 Å². The zero-order valence-electron chi connectivity index (χ0n) is 37.4. The number of ether oxygens (including phenoxy) is 4. The molecule has 1 aromatic heterocycles. The Morgan fingerprint density at radius 1 is 0.762 bits per heavy atom. The maximum atomic E-state index is 13.8. The molecule has 0 saturated carbocycles. The van der Waals surface area contributed by atoms with Crippen LogP contribution >= 0.6 is 0 Å². The van der Waals surface area contributed by atoms with Crippen LogP contribution in [0.3, 0.4) is 0 Å². The van der Waals surface area contributed by atoms with E-state index in [1.54, 1.807) is 17.2 Å². The van der Waals surface area contributed by atoms with E-state index in [1.165, 1.54) is 11.1 Å². The number of amides is 3. The van der Waals surface area contributed by atoms with Crippen molar-refractivity contribution in [1.29, 1.82) is 0 Å². The first-order valence-corrected chi connectivity index (χ1v) is 22.7. The molecule has 340 valence electrons. The number of carbonyl (C=O) groups is 3. The van der Waals surface area contributed by atoms with Gasteiger partial charge in [-0.05, 0) is 112 Å². The number of aliphatic hydroxyl groups is 1. The predicted octanol–water partition coefficient (Wildman–Crippen LogP) is 7.27. The van der Waals surface area contributed by atoms with E-state index in [-0.39, 0.29) is 36.8 Å². The zero-order valence-corrected chi connectivity index (χ0v) is 37.4. The monoisotopic (exact) mass is 865 g/mol. The zero-order chi connectivity index (χ0) is 44.7. The SMILES string of the molecule is CCCN(CCO)C(=O)CCOCCOCCOCCOCCCc1cccc(C(=O)Nc2ccc(N(CC)CC)cc2-c2cc(C(=O)N[C@H]3CCCc4ccccc43)ccn2)c1. The van der Waals surface area contributed by atoms with Crippen LogP contribution in [0.4, 0.5) is 11.4 Å². The Hall–Kier alpha value is -5.18. The van der Waals surface area contributed by atoms with Crippen molar-refractivity contribution in [2.24, 2.45) is 0 Å². The van der Waals surface area contributed by atoms with Crippen LogP contribution in [-0.4, -0.2) is 118 Å². The molecule has 1 heterocycles. The first-order valence-electron chi connectivity index (χ1n) is 22.7. The number of pyridine rings is 1. The molecule has 1 aliphatic carbocycles. The summed E-state index contributed by atoms with van der Waals surface area (Å²) in [6.07, 6.45) is 7.27. The first kappa shape index (κ1) is 48.8. The van der Waals surface area contributed by atoms with Crippen LogP contribution in [-0.2, 0) is 36.6 Å². The number of benzene rings is 3. The van der Waals surface area contributed by atoms with E-state index in [2.05, 4.69) is 47.6 Å². The van der Waals surface area contributed by atoms with Crippen LogP contribution in [0.5, 0.6) is 0 Å². The topological polar surface area (TPSA) is 152 Å². The summed E-state index contributed by atoms with van der Waals surface area (Å²) in [7, 11) is 0. The molecule has 5 rings (SSSR count). The third-order valence-corrected chi connectivity index (χ3v) is 11.1. The number of nitrogens with zero attached hydrogens (tertiary/aromatic N) is 3. The van der Waals surface area contributed by atoms with Gasteiger partial charge in [0.25, 0.3) is 11.8 Å². The number of aromatic nitrogens is 1. The summed E-state index contributed by atoms with van der Waals surface area (Å²) in [5, 5.41) is 15.5. The standard InChI is InChI=1S/C50H67N5O8/c1-4-24-55(25-26-56)48(57)22-28-61-30-32-63-34-33-62-31-29-60-27-11-13-38-12-9-16-40(35-38)49(58)53-46-20-19-42(54(5-2)6-3)37-44(46)47-36-41(21-23-51-47)50(59)52-45-18-10-15-39-14-7-8-17-43(39)45/h7-9,12,14,16-17,19-21,23,35-37,45,56H,4-6,10-11,13,15,18,22,24-34H2,1-3H3,(H,52,59)(H,53,58)/t45-/m0/s1. The van der Waals surface area contributed by atoms with Crippen molar-refractivity contribution in [2.75, 3.05) is 95.9 Å². The van der Waals surface area contributed by atoms with E-state index in [1.807, 2.05) is 61.5 Å². The number of aliphatic hydroxyl groups excluding tert-OH is 1. The number of anilines is 2. The fourth-order valence-electron chi connectivity index (χ4n) is 7.78. The summed E-state index contributed by atoms with van der Waals surface area (Å²) in [4.78, 5) is 48.2. The Morgan fingerprint density at radius 2 is 1.48 bits per heavy atom. The molecule has 13 heteroatoms. The first-order chi connectivity index (χ1) is 30.8. The van der Waals surface area contributed by atoms with Crippen molar-refractivity contribution in [1.82, 2.24) is 15.2 Å². The maximum Gasteiger partial charge on any atom is 0.255 e. The highest BCUT2D eigenvalue weighted by atomic mass is 16.6. The van der Waals surface area contributed by atoms with E-state index >= 15 is 0 Å². The highest BCUT2D eigenvalue weighted by molar-refractivity contribution is 6.06. The second kappa shape index (κ2) is 27.1. The second-order valence-corrected chi connectivity index (χ2v) is 15.5. The average molecular weight is 866 g/mol. The van der Waals surface area contributed by atoms with Crippen molar-refractivity contribution in [3.8, 4) is 11.3 Å². The molecule has 0 fully saturated rings. The Bertz CT molecular complexity index is 2020. The molecule has 3 N–H and O–H groups in total. The minimum atomic E-state index is -0.232. The molecule has 0 bridgehead atoms. The van der Waals surface area contributed by atoms with Gasteiger partial charge in [0, 0.05) is 61.4 Å². The smallest absolute Gasteiger partial charge is 0.255 e. The van der Waals surface area contributed by atoms with Crippen molar-refractivity contribution >= 4 is 29.1 Å². The lowest BCUT2D eigenvalue weighted by Crippen LogP contribution is -2.34. The molecular weight excluding hydrogens is 799 g/mol. The molecule has 3 aromatic carbocycles. The highest BCUT2D eigenvalue weighted by Gasteiger charge is 2.23. The van der Waals surface area contributed by atoms with Gasteiger partial charge in [0.15, 0.2) is 0 Å². The highest BCUT2D eigenvalue weighted by Crippen LogP contribution is 2.33. The Kier molecular flexibility index (Phi) is 21.0. The lowest BCUT2D eigenvalue weighted by molar-refractivity contribution is -0.133. The molecule has 63 heavy (non-hydrogen) atoms. The molecule has 1 aliphatic rings. The quantitative estimate of drug-likeness (QED) is 0.0498. The lowest BCUT2D eigenvalue weighted by atomic mass is 9.87. The largest absolute Gasteiger partial charge is 0.395 e.